The van der Waals surface area contributed by atoms with E-state index >= 15 is 0 Å². The number of nitrogens with one attached hydrogen (secondary N) is 1. The summed E-state index contributed by atoms with van der Waals surface area (Å²) < 4.78 is 5.24. The molecule has 164 valence electrons. The minimum Gasteiger partial charge on any atom is -0.459 e. The lowest BCUT2D eigenvalue weighted by Gasteiger charge is -2.56. The van der Waals surface area contributed by atoms with Gasteiger partial charge in [-0.25, -0.2) is 4.98 Å². The number of hydrogen-bond acceptors (Lipinski definition) is 5. The van der Waals surface area contributed by atoms with E-state index in [0.717, 1.165) is 30.6 Å². The van der Waals surface area contributed by atoms with Crippen molar-refractivity contribution >= 4 is 28.3 Å². The summed E-state index contributed by atoms with van der Waals surface area (Å²) in [5, 5.41) is 5.97. The fraction of sp³-hybridized carbons (Fsp3) is 0.625. The highest BCUT2D eigenvalue weighted by molar-refractivity contribution is 7.14. The minimum atomic E-state index is -0.209. The number of carbonyl (C=O) groups excluding carboxylic acids is 2. The summed E-state index contributed by atoms with van der Waals surface area (Å²) in [6, 6.07) is 3.39. The van der Waals surface area contributed by atoms with Crippen molar-refractivity contribution in [3.8, 4) is 0 Å². The number of furan rings is 1. The van der Waals surface area contributed by atoms with Crippen LogP contribution in [-0.2, 0) is 10.2 Å². The maximum atomic E-state index is 13.0. The van der Waals surface area contributed by atoms with Gasteiger partial charge in [0, 0.05) is 23.9 Å². The largest absolute Gasteiger partial charge is 0.459 e. The van der Waals surface area contributed by atoms with Crippen molar-refractivity contribution in [3.05, 3.63) is 35.2 Å². The molecule has 1 aliphatic heterocycles. The van der Waals surface area contributed by atoms with Crippen molar-refractivity contribution in [1.82, 2.24) is 9.88 Å². The molecule has 0 aromatic carbocycles. The van der Waals surface area contributed by atoms with Crippen LogP contribution in [0.15, 0.2) is 28.2 Å². The van der Waals surface area contributed by atoms with Crippen LogP contribution in [0, 0.1) is 23.7 Å². The summed E-state index contributed by atoms with van der Waals surface area (Å²) >= 11 is 1.56. The van der Waals surface area contributed by atoms with E-state index in [2.05, 4.69) is 10.7 Å². The average molecular weight is 440 g/mol. The van der Waals surface area contributed by atoms with Crippen molar-refractivity contribution in [2.24, 2.45) is 23.7 Å². The van der Waals surface area contributed by atoms with Gasteiger partial charge in [0.1, 0.15) is 0 Å². The molecular formula is C24H29N3O3S. The maximum absolute atomic E-state index is 13.0. The first kappa shape index (κ1) is 19.5. The molecule has 3 heterocycles. The van der Waals surface area contributed by atoms with Gasteiger partial charge >= 0.3 is 0 Å². The zero-order valence-electron chi connectivity index (χ0n) is 17.7. The number of rotatable bonds is 4. The molecular weight excluding hydrogens is 410 g/mol. The highest BCUT2D eigenvalue weighted by Gasteiger charge is 2.52. The van der Waals surface area contributed by atoms with E-state index in [0.29, 0.717) is 24.0 Å². The second-order valence-corrected chi connectivity index (χ2v) is 11.2. The Kier molecular flexibility index (Phi) is 4.70. The van der Waals surface area contributed by atoms with Crippen LogP contribution in [0.25, 0.3) is 0 Å². The zero-order chi connectivity index (χ0) is 21.0. The molecule has 7 heteroatoms. The molecule has 0 radical (unpaired) electrons. The Balaban J connectivity index is 1.12. The topological polar surface area (TPSA) is 75.4 Å². The number of carbonyl (C=O) groups is 2. The fourth-order valence-corrected chi connectivity index (χ4v) is 7.97. The third kappa shape index (κ3) is 3.51. The van der Waals surface area contributed by atoms with Gasteiger partial charge in [0.05, 0.1) is 17.9 Å². The molecule has 0 spiro atoms. The minimum absolute atomic E-state index is 0.0247. The highest BCUT2D eigenvalue weighted by atomic mass is 32.1. The molecule has 7 rings (SSSR count). The maximum Gasteiger partial charge on any atom is 0.289 e. The summed E-state index contributed by atoms with van der Waals surface area (Å²) in [5.41, 5.74) is 1.47. The molecule has 5 aliphatic rings. The zero-order valence-corrected chi connectivity index (χ0v) is 18.5. The van der Waals surface area contributed by atoms with Crippen LogP contribution in [0.4, 0.5) is 5.13 Å². The number of hydrogen-bond donors (Lipinski definition) is 1. The Hall–Kier alpha value is -2.15. The monoisotopic (exact) mass is 439 g/mol. The highest BCUT2D eigenvalue weighted by Crippen LogP contribution is 2.60. The van der Waals surface area contributed by atoms with E-state index in [9.17, 15) is 9.59 Å². The van der Waals surface area contributed by atoms with Gasteiger partial charge in [-0.05, 0) is 81.3 Å². The number of thiazole rings is 1. The molecule has 1 saturated heterocycles. The third-order valence-corrected chi connectivity index (χ3v) is 8.88. The van der Waals surface area contributed by atoms with Crippen LogP contribution in [0.5, 0.6) is 0 Å². The van der Waals surface area contributed by atoms with Gasteiger partial charge in [-0.15, -0.1) is 11.3 Å². The molecule has 31 heavy (non-hydrogen) atoms. The van der Waals surface area contributed by atoms with Crippen LogP contribution >= 0.6 is 11.3 Å². The molecule has 1 N–H and O–H groups in total. The van der Waals surface area contributed by atoms with Crippen LogP contribution in [-0.4, -0.2) is 34.8 Å². The summed E-state index contributed by atoms with van der Waals surface area (Å²) in [4.78, 5) is 32.2. The molecule has 5 fully saturated rings. The van der Waals surface area contributed by atoms with E-state index in [4.69, 9.17) is 9.40 Å². The first-order chi connectivity index (χ1) is 15.1. The lowest BCUT2D eigenvalue weighted by molar-refractivity contribution is -0.121. The van der Waals surface area contributed by atoms with Gasteiger partial charge in [0.2, 0.25) is 5.91 Å². The van der Waals surface area contributed by atoms with Gasteiger partial charge in [-0.2, -0.15) is 0 Å². The molecule has 2 aromatic heterocycles. The molecule has 2 amide bonds. The summed E-state index contributed by atoms with van der Waals surface area (Å²) in [6.07, 6.45) is 11.2. The van der Waals surface area contributed by atoms with Gasteiger partial charge in [0.25, 0.3) is 5.91 Å². The number of anilines is 1. The van der Waals surface area contributed by atoms with Crippen LogP contribution in [0.3, 0.4) is 0 Å². The first-order valence-corrected chi connectivity index (χ1v) is 12.6. The third-order valence-electron chi connectivity index (χ3n) is 8.13. The van der Waals surface area contributed by atoms with E-state index in [1.54, 1.807) is 28.4 Å². The Morgan fingerprint density at radius 1 is 1.16 bits per heavy atom. The normalized spacial score (nSPS) is 34.1. The van der Waals surface area contributed by atoms with Crippen molar-refractivity contribution < 1.29 is 14.0 Å². The van der Waals surface area contributed by atoms with Crippen LogP contribution in [0.2, 0.25) is 0 Å². The lowest BCUT2D eigenvalue weighted by atomic mass is 9.49. The number of aromatic nitrogens is 1. The second-order valence-electron chi connectivity index (χ2n) is 10.3. The van der Waals surface area contributed by atoms with E-state index in [1.807, 2.05) is 0 Å². The quantitative estimate of drug-likeness (QED) is 0.750. The lowest BCUT2D eigenvalue weighted by Crippen LogP contribution is -2.48. The summed E-state index contributed by atoms with van der Waals surface area (Å²) in [6.45, 7) is 1.09. The molecule has 0 unspecified atom stereocenters. The second kappa shape index (κ2) is 7.47. The van der Waals surface area contributed by atoms with E-state index < -0.39 is 0 Å². The fourth-order valence-electron chi connectivity index (χ4n) is 7.14. The summed E-state index contributed by atoms with van der Waals surface area (Å²) in [5.74, 6) is 2.60. The molecule has 4 aliphatic carbocycles. The number of piperidine rings is 1. The summed E-state index contributed by atoms with van der Waals surface area (Å²) in [7, 11) is 0. The van der Waals surface area contributed by atoms with Crippen molar-refractivity contribution in [1.29, 1.82) is 0 Å². The van der Waals surface area contributed by atoms with Crippen LogP contribution in [0.1, 0.15) is 67.6 Å². The first-order valence-electron chi connectivity index (χ1n) is 11.7. The van der Waals surface area contributed by atoms with E-state index in [1.165, 1.54) is 50.5 Å². The Bertz CT molecular complexity index is 947. The molecule has 4 saturated carbocycles. The van der Waals surface area contributed by atoms with Crippen LogP contribution < -0.4 is 5.32 Å². The Morgan fingerprint density at radius 3 is 2.58 bits per heavy atom. The van der Waals surface area contributed by atoms with Crippen molar-refractivity contribution in [3.63, 3.8) is 0 Å². The predicted molar refractivity (Wildman–Crippen MR) is 118 cm³/mol. The van der Waals surface area contributed by atoms with Crippen molar-refractivity contribution in [2.75, 3.05) is 18.4 Å². The van der Waals surface area contributed by atoms with Gasteiger partial charge in [0.15, 0.2) is 10.9 Å². The molecule has 2 aromatic rings. The van der Waals surface area contributed by atoms with Gasteiger partial charge in [-0.1, -0.05) is 0 Å². The Labute approximate surface area is 186 Å². The molecule has 4 bridgehead atoms. The average Bonchev–Trinajstić information content (AvgIpc) is 3.45. The smallest absolute Gasteiger partial charge is 0.289 e. The number of nitrogens with zero attached hydrogens (tertiary/aromatic N) is 2. The molecule has 1 atom stereocenters. The number of likely N-dealkylation sites (tertiary alicyclic amines) is 1. The van der Waals surface area contributed by atoms with Gasteiger partial charge in [-0.3, -0.25) is 9.59 Å². The predicted octanol–water partition coefficient (Wildman–Crippen LogP) is 4.69. The van der Waals surface area contributed by atoms with E-state index in [-0.39, 0.29) is 23.1 Å². The SMILES string of the molecule is O=C(Nc1nc(C23CC4CC(CC(C4)C2)C3)cs1)[C@H]1CCCN(C(=O)c2ccco2)C1. The number of amides is 2. The van der Waals surface area contributed by atoms with Crippen molar-refractivity contribution in [2.45, 2.75) is 56.8 Å². The standard InChI is InChI=1S/C24H29N3O3S/c28-21(18-3-1-5-27(13-18)22(29)19-4-2-6-30-19)26-23-25-20(14-31-23)24-10-15-7-16(11-24)9-17(8-15)12-24/h2,4,6,14-18H,1,3,5,7-13H2,(H,25,26,28)/t15?,16?,17?,18-,24?/m0/s1. The van der Waals surface area contributed by atoms with Gasteiger partial charge < -0.3 is 14.6 Å². The molecule has 6 nitrogen and oxygen atoms in total. The Morgan fingerprint density at radius 2 is 1.90 bits per heavy atom.